The summed E-state index contributed by atoms with van der Waals surface area (Å²) < 4.78 is 43.2. The number of aromatic nitrogens is 1. The van der Waals surface area contributed by atoms with Gasteiger partial charge in [-0.25, -0.2) is 4.98 Å². The van der Waals surface area contributed by atoms with Gasteiger partial charge in [0.15, 0.2) is 0 Å². The van der Waals surface area contributed by atoms with Crippen molar-refractivity contribution in [2.24, 2.45) is 0 Å². The number of alkyl halides is 3. The number of esters is 1. The molecule has 0 spiro atoms. The lowest BCUT2D eigenvalue weighted by Gasteiger charge is -2.27. The van der Waals surface area contributed by atoms with Gasteiger partial charge in [0, 0.05) is 11.1 Å². The highest BCUT2D eigenvalue weighted by atomic mass is 32.1. The highest BCUT2D eigenvalue weighted by Crippen LogP contribution is 2.42. The number of nitrogens with zero attached hydrogens (tertiary/aromatic N) is 1. The summed E-state index contributed by atoms with van der Waals surface area (Å²) in [4.78, 5) is 14.8. The molecule has 0 aliphatic rings. The Kier molecular flexibility index (Phi) is 4.33. The molecule has 1 N–H and O–H groups in total. The van der Waals surface area contributed by atoms with Crippen LogP contribution in [0, 0.1) is 6.92 Å². The van der Waals surface area contributed by atoms with E-state index < -0.39 is 29.2 Å². The number of aliphatic hydroxyl groups is 1. The Labute approximate surface area is 105 Å². The molecule has 1 aromatic rings. The zero-order valence-corrected chi connectivity index (χ0v) is 10.6. The van der Waals surface area contributed by atoms with Crippen molar-refractivity contribution in [1.82, 2.24) is 4.98 Å². The van der Waals surface area contributed by atoms with Crippen LogP contribution < -0.4 is 0 Å². The van der Waals surface area contributed by atoms with E-state index in [0.717, 1.165) is 0 Å². The summed E-state index contributed by atoms with van der Waals surface area (Å²) >= 11 is 0.655. The van der Waals surface area contributed by atoms with Crippen LogP contribution in [0.5, 0.6) is 0 Å². The van der Waals surface area contributed by atoms with Crippen molar-refractivity contribution in [2.45, 2.75) is 32.0 Å². The maximum absolute atomic E-state index is 12.9. The Bertz CT molecular complexity index is 432. The molecule has 1 rings (SSSR count). The summed E-state index contributed by atoms with van der Waals surface area (Å²) in [6.45, 7) is 2.92. The Hall–Kier alpha value is -1.15. The molecule has 0 aliphatic heterocycles. The molecular formula is C10H12F3NO3S. The van der Waals surface area contributed by atoms with Crippen LogP contribution in [0.2, 0.25) is 0 Å². The number of hydrogen-bond donors (Lipinski definition) is 1. The molecule has 8 heteroatoms. The summed E-state index contributed by atoms with van der Waals surface area (Å²) in [6.07, 6.45) is -6.19. The van der Waals surface area contributed by atoms with Crippen LogP contribution in [0.25, 0.3) is 0 Å². The van der Waals surface area contributed by atoms with Crippen LogP contribution in [-0.2, 0) is 15.1 Å². The van der Waals surface area contributed by atoms with E-state index in [-0.39, 0.29) is 6.61 Å². The molecule has 1 atom stereocenters. The highest BCUT2D eigenvalue weighted by molar-refractivity contribution is 7.09. The van der Waals surface area contributed by atoms with Crippen molar-refractivity contribution in [2.75, 3.05) is 6.61 Å². The normalized spacial score (nSPS) is 15.2. The Morgan fingerprint density at radius 2 is 2.17 bits per heavy atom. The molecule has 18 heavy (non-hydrogen) atoms. The third-order valence-electron chi connectivity index (χ3n) is 2.15. The second kappa shape index (κ2) is 5.23. The van der Waals surface area contributed by atoms with Gasteiger partial charge in [0.1, 0.15) is 5.01 Å². The van der Waals surface area contributed by atoms with Gasteiger partial charge >= 0.3 is 12.1 Å². The van der Waals surface area contributed by atoms with Crippen LogP contribution in [-0.4, -0.2) is 28.8 Å². The van der Waals surface area contributed by atoms with Crippen LogP contribution in [0.4, 0.5) is 13.2 Å². The molecule has 0 saturated carbocycles. The van der Waals surface area contributed by atoms with Crippen molar-refractivity contribution in [3.8, 4) is 0 Å². The first-order valence-corrected chi connectivity index (χ1v) is 5.96. The van der Waals surface area contributed by atoms with Crippen LogP contribution in [0.1, 0.15) is 24.0 Å². The van der Waals surface area contributed by atoms with Gasteiger partial charge in [-0.2, -0.15) is 13.2 Å². The largest absolute Gasteiger partial charge is 0.466 e. The molecule has 0 fully saturated rings. The molecule has 0 radical (unpaired) electrons. The monoisotopic (exact) mass is 283 g/mol. The molecule has 0 aromatic carbocycles. The highest BCUT2D eigenvalue weighted by Gasteiger charge is 2.58. The minimum atomic E-state index is -5.00. The minimum Gasteiger partial charge on any atom is -0.466 e. The van der Waals surface area contributed by atoms with Crippen molar-refractivity contribution in [3.63, 3.8) is 0 Å². The first-order chi connectivity index (χ1) is 8.20. The number of hydrogen-bond acceptors (Lipinski definition) is 5. The number of aryl methyl sites for hydroxylation is 1. The number of rotatable bonds is 4. The van der Waals surface area contributed by atoms with Crippen molar-refractivity contribution >= 4 is 17.3 Å². The molecule has 1 aromatic heterocycles. The molecule has 0 amide bonds. The third-order valence-corrected chi connectivity index (χ3v) is 3.26. The molecule has 1 unspecified atom stereocenters. The fourth-order valence-electron chi connectivity index (χ4n) is 1.26. The average Bonchev–Trinajstić information content (AvgIpc) is 2.63. The van der Waals surface area contributed by atoms with E-state index >= 15 is 0 Å². The van der Waals surface area contributed by atoms with Gasteiger partial charge in [-0.3, -0.25) is 4.79 Å². The van der Waals surface area contributed by atoms with Crippen molar-refractivity contribution < 1.29 is 27.8 Å². The van der Waals surface area contributed by atoms with Crippen LogP contribution in [0.3, 0.4) is 0 Å². The lowest BCUT2D eigenvalue weighted by atomic mass is 10.00. The number of halogens is 3. The van der Waals surface area contributed by atoms with Gasteiger partial charge in [-0.05, 0) is 13.8 Å². The second-order valence-corrected chi connectivity index (χ2v) is 4.49. The first kappa shape index (κ1) is 14.9. The summed E-state index contributed by atoms with van der Waals surface area (Å²) in [5, 5.41) is 10.6. The van der Waals surface area contributed by atoms with E-state index in [2.05, 4.69) is 9.72 Å². The smallest absolute Gasteiger partial charge is 0.424 e. The molecular weight excluding hydrogens is 271 g/mol. The van der Waals surface area contributed by atoms with E-state index in [4.69, 9.17) is 0 Å². The Balaban J connectivity index is 3.08. The number of carbonyl (C=O) groups excluding carboxylic acids is 1. The molecule has 1 heterocycles. The first-order valence-electron chi connectivity index (χ1n) is 5.08. The Morgan fingerprint density at radius 1 is 1.56 bits per heavy atom. The summed E-state index contributed by atoms with van der Waals surface area (Å²) in [7, 11) is 0. The van der Waals surface area contributed by atoms with E-state index in [1.807, 2.05) is 0 Å². The van der Waals surface area contributed by atoms with Gasteiger partial charge in [0.05, 0.1) is 13.0 Å². The quantitative estimate of drug-likeness (QED) is 0.860. The summed E-state index contributed by atoms with van der Waals surface area (Å²) in [5.74, 6) is -1.12. The molecule has 4 nitrogen and oxygen atoms in total. The molecule has 0 saturated heterocycles. The van der Waals surface area contributed by atoms with Crippen LogP contribution in [0.15, 0.2) is 5.38 Å². The van der Waals surface area contributed by atoms with Gasteiger partial charge in [0.25, 0.3) is 0 Å². The fourth-order valence-corrected chi connectivity index (χ4v) is 2.18. The van der Waals surface area contributed by atoms with Crippen molar-refractivity contribution in [1.29, 1.82) is 0 Å². The zero-order valence-electron chi connectivity index (χ0n) is 9.74. The fraction of sp³-hybridized carbons (Fsp3) is 0.600. The lowest BCUT2D eigenvalue weighted by molar-refractivity contribution is -0.269. The Morgan fingerprint density at radius 3 is 2.56 bits per heavy atom. The van der Waals surface area contributed by atoms with Crippen molar-refractivity contribution in [3.05, 3.63) is 16.1 Å². The number of ether oxygens (including phenoxy) is 1. The minimum absolute atomic E-state index is 0.0519. The van der Waals surface area contributed by atoms with Gasteiger partial charge < -0.3 is 9.84 Å². The third kappa shape index (κ3) is 2.99. The van der Waals surface area contributed by atoms with Gasteiger partial charge in [-0.1, -0.05) is 0 Å². The predicted octanol–water partition coefficient (Wildman–Crippen LogP) is 2.15. The molecule has 0 bridgehead atoms. The SMILES string of the molecule is CCOC(=O)CC(O)(c1nc(C)cs1)C(F)(F)F. The standard InChI is InChI=1S/C10H12F3NO3S/c1-3-17-7(15)4-9(16,10(11,12)13)8-14-6(2)5-18-8/h5,16H,3-4H2,1-2H3. The zero-order chi connectivity index (χ0) is 14.0. The molecule has 0 aliphatic carbocycles. The summed E-state index contributed by atoms with van der Waals surface area (Å²) in [6, 6.07) is 0. The second-order valence-electron chi connectivity index (χ2n) is 3.63. The topological polar surface area (TPSA) is 59.4 Å². The van der Waals surface area contributed by atoms with E-state index in [1.165, 1.54) is 19.2 Å². The number of carbonyl (C=O) groups is 1. The lowest BCUT2D eigenvalue weighted by Crippen LogP contribution is -2.44. The number of thiazole rings is 1. The average molecular weight is 283 g/mol. The van der Waals surface area contributed by atoms with Crippen LogP contribution >= 0.6 is 11.3 Å². The maximum atomic E-state index is 12.9. The maximum Gasteiger partial charge on any atom is 0.424 e. The van der Waals surface area contributed by atoms with E-state index in [1.54, 1.807) is 0 Å². The van der Waals surface area contributed by atoms with E-state index in [9.17, 15) is 23.1 Å². The summed E-state index contributed by atoms with van der Waals surface area (Å²) in [5.41, 5.74) is -2.94. The predicted molar refractivity (Wildman–Crippen MR) is 58.1 cm³/mol. The van der Waals surface area contributed by atoms with E-state index in [0.29, 0.717) is 17.0 Å². The van der Waals surface area contributed by atoms with Gasteiger partial charge in [0.2, 0.25) is 5.60 Å². The molecule has 102 valence electrons. The van der Waals surface area contributed by atoms with Gasteiger partial charge in [-0.15, -0.1) is 11.3 Å².